The Hall–Kier alpha value is -2.91. The number of primary sulfonamides is 1. The van der Waals surface area contributed by atoms with E-state index in [0.29, 0.717) is 23.5 Å². The fourth-order valence-electron chi connectivity index (χ4n) is 7.11. The van der Waals surface area contributed by atoms with E-state index in [-0.39, 0.29) is 22.0 Å². The second kappa shape index (κ2) is 9.44. The van der Waals surface area contributed by atoms with Crippen LogP contribution in [0, 0.1) is 17.3 Å². The first kappa shape index (κ1) is 25.7. The number of benzene rings is 2. The van der Waals surface area contributed by atoms with Crippen LogP contribution in [0.3, 0.4) is 0 Å². The lowest BCUT2D eigenvalue weighted by Gasteiger charge is -2.50. The topological polar surface area (TPSA) is 136 Å². The largest absolute Gasteiger partial charge is 0.508 e. The van der Waals surface area contributed by atoms with Crippen molar-refractivity contribution in [1.29, 1.82) is 0 Å². The molecular formula is C28H34N2O6S. The Morgan fingerprint density at radius 3 is 2.68 bits per heavy atom. The molecule has 0 radical (unpaired) electrons. The van der Waals surface area contributed by atoms with Gasteiger partial charge in [0, 0.05) is 11.0 Å². The van der Waals surface area contributed by atoms with Gasteiger partial charge in [-0.25, -0.2) is 18.4 Å². The lowest BCUT2D eigenvalue weighted by Crippen LogP contribution is -2.47. The van der Waals surface area contributed by atoms with Crippen LogP contribution in [-0.4, -0.2) is 37.5 Å². The number of sulfonamides is 1. The van der Waals surface area contributed by atoms with Gasteiger partial charge in [-0.3, -0.25) is 4.79 Å². The van der Waals surface area contributed by atoms with Crippen LogP contribution in [0.2, 0.25) is 0 Å². The maximum atomic E-state index is 13.0. The van der Waals surface area contributed by atoms with Gasteiger partial charge < -0.3 is 15.2 Å². The Bertz CT molecular complexity index is 1340. The Labute approximate surface area is 217 Å². The Morgan fingerprint density at radius 2 is 1.92 bits per heavy atom. The molecule has 3 aliphatic carbocycles. The zero-order valence-electron chi connectivity index (χ0n) is 21.1. The molecule has 4 N–H and O–H groups in total. The summed E-state index contributed by atoms with van der Waals surface area (Å²) >= 11 is 0. The number of carbonyl (C=O) groups is 2. The van der Waals surface area contributed by atoms with Crippen molar-refractivity contribution in [3.8, 4) is 5.75 Å². The van der Waals surface area contributed by atoms with Gasteiger partial charge in [0.1, 0.15) is 17.9 Å². The molecule has 2 aromatic carbocycles. The van der Waals surface area contributed by atoms with Gasteiger partial charge in [0.25, 0.3) is 5.91 Å². The molecule has 2 fully saturated rings. The zero-order valence-corrected chi connectivity index (χ0v) is 22.0. The molecule has 6 unspecified atom stereocenters. The number of nitrogens with two attached hydrogens (primary N) is 1. The number of nitrogens with one attached hydrogen (secondary N) is 1. The maximum Gasteiger partial charge on any atom is 0.328 e. The Balaban J connectivity index is 1.24. The summed E-state index contributed by atoms with van der Waals surface area (Å²) in [6.45, 7) is 3.82. The summed E-state index contributed by atoms with van der Waals surface area (Å²) in [4.78, 5) is 25.5. The first-order valence-electron chi connectivity index (χ1n) is 12.9. The van der Waals surface area contributed by atoms with Crippen molar-refractivity contribution in [3.63, 3.8) is 0 Å². The SMILES string of the molecule is CC(NC(=O)c1cccc(S(N)(=O)=O)c1)C(=O)OC1CCC2C3CCc4cc(O)ccc4C3CCC12C. The Kier molecular flexibility index (Phi) is 6.56. The molecular weight excluding hydrogens is 492 g/mol. The predicted octanol–water partition coefficient (Wildman–Crippen LogP) is 3.63. The van der Waals surface area contributed by atoms with Gasteiger partial charge in [0.2, 0.25) is 10.0 Å². The highest BCUT2D eigenvalue weighted by atomic mass is 32.2. The molecule has 1 amide bonds. The number of aromatic hydroxyl groups is 1. The number of aryl methyl sites for hydroxylation is 1. The third kappa shape index (κ3) is 4.75. The summed E-state index contributed by atoms with van der Waals surface area (Å²) in [6.07, 6.45) is 5.61. The fourth-order valence-corrected chi connectivity index (χ4v) is 7.67. The zero-order chi connectivity index (χ0) is 26.5. The summed E-state index contributed by atoms with van der Waals surface area (Å²) in [7, 11) is -3.95. The molecule has 0 aromatic heterocycles. The summed E-state index contributed by atoms with van der Waals surface area (Å²) in [6, 6.07) is 10.3. The molecule has 3 aliphatic rings. The smallest absolute Gasteiger partial charge is 0.328 e. The molecule has 8 nitrogen and oxygen atoms in total. The standard InChI is InChI=1S/C28H34N2O6S/c1-16(30-26(32)18-4-3-5-20(15-18)37(29,34)35)27(33)36-25-11-10-24-23-8-6-17-14-19(31)7-9-21(17)22(23)12-13-28(24,25)2/h3-5,7,9,14-16,22-25,31H,6,8,10-13H2,1-2H3,(H,30,32)(H2,29,34,35). The molecule has 2 aromatic rings. The minimum atomic E-state index is -3.95. The van der Waals surface area contributed by atoms with Gasteiger partial charge >= 0.3 is 5.97 Å². The molecule has 0 bridgehead atoms. The van der Waals surface area contributed by atoms with E-state index in [1.807, 2.05) is 6.07 Å². The molecule has 9 heteroatoms. The fraction of sp³-hybridized carbons (Fsp3) is 0.500. The van der Waals surface area contributed by atoms with Gasteiger partial charge in [-0.15, -0.1) is 0 Å². The van der Waals surface area contributed by atoms with E-state index in [4.69, 9.17) is 9.88 Å². The van der Waals surface area contributed by atoms with E-state index in [1.165, 1.54) is 35.4 Å². The van der Waals surface area contributed by atoms with E-state index >= 15 is 0 Å². The van der Waals surface area contributed by atoms with Gasteiger partial charge in [0.05, 0.1) is 4.90 Å². The quantitative estimate of drug-likeness (QED) is 0.509. The van der Waals surface area contributed by atoms with Crippen LogP contribution in [0.5, 0.6) is 5.75 Å². The van der Waals surface area contributed by atoms with E-state index in [2.05, 4.69) is 18.3 Å². The van der Waals surface area contributed by atoms with Crippen LogP contribution in [0.25, 0.3) is 0 Å². The molecule has 0 heterocycles. The van der Waals surface area contributed by atoms with Crippen molar-refractivity contribution in [2.75, 3.05) is 0 Å². The number of carbonyl (C=O) groups excluding carboxylic acids is 2. The minimum absolute atomic E-state index is 0.100. The average Bonchev–Trinajstić information content (AvgIpc) is 3.19. The van der Waals surface area contributed by atoms with Crippen LogP contribution in [0.15, 0.2) is 47.4 Å². The van der Waals surface area contributed by atoms with Crippen molar-refractivity contribution >= 4 is 21.9 Å². The van der Waals surface area contributed by atoms with Crippen LogP contribution < -0.4 is 10.5 Å². The highest BCUT2D eigenvalue weighted by molar-refractivity contribution is 7.89. The summed E-state index contributed by atoms with van der Waals surface area (Å²) < 4.78 is 29.2. The molecule has 6 atom stereocenters. The minimum Gasteiger partial charge on any atom is -0.508 e. The van der Waals surface area contributed by atoms with Gasteiger partial charge in [-0.05, 0) is 105 Å². The lowest BCUT2D eigenvalue weighted by atomic mass is 9.55. The molecule has 0 aliphatic heterocycles. The lowest BCUT2D eigenvalue weighted by molar-refractivity contribution is -0.159. The number of ether oxygens (including phenoxy) is 1. The van der Waals surface area contributed by atoms with Gasteiger partial charge in [-0.2, -0.15) is 0 Å². The normalized spacial score (nSPS) is 29.4. The first-order valence-corrected chi connectivity index (χ1v) is 14.5. The van der Waals surface area contributed by atoms with Crippen molar-refractivity contribution in [1.82, 2.24) is 5.32 Å². The van der Waals surface area contributed by atoms with Crippen LogP contribution in [-0.2, 0) is 26.0 Å². The number of esters is 1. The number of phenols is 1. The summed E-state index contributed by atoms with van der Waals surface area (Å²) in [5, 5.41) is 17.7. The molecule has 5 rings (SSSR count). The van der Waals surface area contributed by atoms with E-state index in [1.54, 1.807) is 13.0 Å². The third-order valence-corrected chi connectivity index (χ3v) is 9.92. The predicted molar refractivity (Wildman–Crippen MR) is 137 cm³/mol. The highest BCUT2D eigenvalue weighted by Gasteiger charge is 2.56. The number of hydrogen-bond donors (Lipinski definition) is 3. The van der Waals surface area contributed by atoms with Gasteiger partial charge in [-0.1, -0.05) is 19.1 Å². The number of hydrogen-bond acceptors (Lipinski definition) is 6. The number of amides is 1. The first-order chi connectivity index (χ1) is 17.5. The number of phenolic OH excluding ortho intramolecular Hbond substituents is 1. The Morgan fingerprint density at radius 1 is 1.14 bits per heavy atom. The van der Waals surface area contributed by atoms with Crippen molar-refractivity contribution in [2.45, 2.75) is 75.3 Å². The molecule has 0 spiro atoms. The van der Waals surface area contributed by atoms with Gasteiger partial charge in [0.15, 0.2) is 0 Å². The van der Waals surface area contributed by atoms with Crippen molar-refractivity contribution in [3.05, 3.63) is 59.2 Å². The van der Waals surface area contributed by atoms with Crippen molar-refractivity contribution < 1.29 is 27.9 Å². The summed E-state index contributed by atoms with van der Waals surface area (Å²) in [5.74, 6) is 0.721. The molecule has 0 saturated heterocycles. The van der Waals surface area contributed by atoms with Crippen LogP contribution >= 0.6 is 0 Å². The van der Waals surface area contributed by atoms with Crippen LogP contribution in [0.1, 0.15) is 73.4 Å². The maximum absolute atomic E-state index is 13.0. The van der Waals surface area contributed by atoms with Crippen molar-refractivity contribution in [2.24, 2.45) is 22.4 Å². The van der Waals surface area contributed by atoms with E-state index in [0.717, 1.165) is 38.5 Å². The highest BCUT2D eigenvalue weighted by Crippen LogP contribution is 2.61. The second-order valence-corrected chi connectivity index (χ2v) is 12.7. The monoisotopic (exact) mass is 526 g/mol. The second-order valence-electron chi connectivity index (χ2n) is 11.1. The third-order valence-electron chi connectivity index (χ3n) is 9.01. The van der Waals surface area contributed by atoms with Crippen LogP contribution in [0.4, 0.5) is 0 Å². The number of rotatable bonds is 5. The molecule has 2 saturated carbocycles. The number of fused-ring (bicyclic) bond motifs is 5. The van der Waals surface area contributed by atoms with E-state index in [9.17, 15) is 23.1 Å². The molecule has 198 valence electrons. The molecule has 37 heavy (non-hydrogen) atoms. The average molecular weight is 527 g/mol. The summed E-state index contributed by atoms with van der Waals surface area (Å²) in [5.41, 5.74) is 2.60. The van der Waals surface area contributed by atoms with E-state index < -0.39 is 27.9 Å².